The molecule has 0 heterocycles. The van der Waals surface area contributed by atoms with Crippen LogP contribution in [0.25, 0.3) is 0 Å². The second-order valence-electron chi connectivity index (χ2n) is 3.26. The third kappa shape index (κ3) is 3.01. The highest BCUT2D eigenvalue weighted by Crippen LogP contribution is 2.24. The molecule has 0 atom stereocenters. The minimum absolute atomic E-state index is 0.157. The normalized spacial score (nSPS) is 10.5. The van der Waals surface area contributed by atoms with Crippen LogP contribution in [0.1, 0.15) is 19.8 Å². The molecule has 0 fully saturated rings. The fraction of sp³-hybridized carbons (Fsp3) is 0.400. The van der Waals surface area contributed by atoms with Crippen LogP contribution in [0.5, 0.6) is 0 Å². The Balaban J connectivity index is 2.75. The van der Waals surface area contributed by atoms with E-state index in [9.17, 15) is 8.78 Å². The second-order valence-corrected chi connectivity index (χ2v) is 4.36. The molecule has 0 amide bonds. The average molecular weight is 214 g/mol. The van der Waals surface area contributed by atoms with Crippen molar-refractivity contribution in [3.63, 3.8) is 0 Å². The molecule has 14 heavy (non-hydrogen) atoms. The fourth-order valence-corrected chi connectivity index (χ4v) is 2.17. The molecule has 0 saturated carbocycles. The maximum Gasteiger partial charge on any atom is 0.139 e. The smallest absolute Gasteiger partial charge is 0.139 e. The zero-order valence-electron chi connectivity index (χ0n) is 8.44. The largest absolute Gasteiger partial charge is 0.206 e. The number of benzene rings is 1. The molecule has 0 aliphatic carbocycles. The zero-order chi connectivity index (χ0) is 10.6. The third-order valence-corrected chi connectivity index (χ3v) is 3.06. The van der Waals surface area contributed by atoms with Crippen molar-refractivity contribution in [2.24, 2.45) is 0 Å². The van der Waals surface area contributed by atoms with E-state index in [-0.39, 0.29) is 4.90 Å². The molecule has 76 valence electrons. The average Bonchev–Trinajstić information content (AvgIpc) is 2.09. The first-order chi connectivity index (χ1) is 6.65. The summed E-state index contributed by atoms with van der Waals surface area (Å²) >= 11 is 1.26. The van der Waals surface area contributed by atoms with Crippen molar-refractivity contribution in [1.82, 2.24) is 0 Å². The quantitative estimate of drug-likeness (QED) is 0.420. The van der Waals surface area contributed by atoms with Gasteiger partial charge in [-0.25, -0.2) is 8.78 Å². The first kappa shape index (κ1) is 11.6. The monoisotopic (exact) mass is 214 g/mol. The van der Waals surface area contributed by atoms with Crippen molar-refractivity contribution in [2.75, 3.05) is 5.75 Å². The Labute approximate surface area is 88.5 Å². The van der Waals surface area contributed by atoms with Crippen LogP contribution in [0, 0.1) is 11.6 Å². The highest BCUT2D eigenvalue weighted by atomic mass is 32.2. The van der Waals surface area contributed by atoms with Crippen LogP contribution in [-0.2, 0) is 0 Å². The molecule has 0 bridgehead atoms. The lowest BCUT2D eigenvalue weighted by molar-refractivity contribution is 0.542. The van der Waals surface area contributed by atoms with Crippen molar-refractivity contribution in [2.45, 2.75) is 24.7 Å². The van der Waals surface area contributed by atoms with Gasteiger partial charge in [-0.3, -0.25) is 0 Å². The lowest BCUT2D eigenvalue weighted by Gasteiger charge is -2.05. The molecule has 1 aromatic rings. The summed E-state index contributed by atoms with van der Waals surface area (Å²) in [5, 5.41) is 0. The summed E-state index contributed by atoms with van der Waals surface area (Å²) < 4.78 is 26.6. The molecule has 1 rings (SSSR count). The minimum atomic E-state index is -0.441. The highest BCUT2D eigenvalue weighted by Gasteiger charge is 2.09. The lowest BCUT2D eigenvalue weighted by Crippen LogP contribution is -2.06. The molecular weight excluding hydrogens is 201 g/mol. The van der Waals surface area contributed by atoms with E-state index in [1.807, 2.05) is 0 Å². The van der Waals surface area contributed by atoms with Crippen LogP contribution in [0.3, 0.4) is 0 Å². The molecule has 0 aliphatic heterocycles. The summed E-state index contributed by atoms with van der Waals surface area (Å²) in [6.45, 7) is 2.06. The van der Waals surface area contributed by atoms with Crippen LogP contribution >= 0.6 is 11.8 Å². The second kappa shape index (κ2) is 5.39. The van der Waals surface area contributed by atoms with E-state index in [0.717, 1.165) is 18.6 Å². The third-order valence-electron chi connectivity index (χ3n) is 1.89. The number of unbranched alkanes of at least 4 members (excludes halogenated alkanes) is 1. The molecule has 0 unspecified atom stereocenters. The Morgan fingerprint density at radius 2 is 1.86 bits per heavy atom. The Hall–Kier alpha value is -0.505. The first-order valence-electron chi connectivity index (χ1n) is 4.73. The van der Waals surface area contributed by atoms with E-state index in [0.29, 0.717) is 5.46 Å². The van der Waals surface area contributed by atoms with Gasteiger partial charge < -0.3 is 0 Å². The van der Waals surface area contributed by atoms with Crippen molar-refractivity contribution >= 4 is 25.1 Å². The van der Waals surface area contributed by atoms with Crippen LogP contribution in [0.2, 0.25) is 0 Å². The fourth-order valence-electron chi connectivity index (χ4n) is 1.14. The number of hydrogen-bond acceptors (Lipinski definition) is 1. The van der Waals surface area contributed by atoms with Crippen molar-refractivity contribution in [3.05, 3.63) is 23.8 Å². The van der Waals surface area contributed by atoms with Gasteiger partial charge in [-0.1, -0.05) is 18.8 Å². The summed E-state index contributed by atoms with van der Waals surface area (Å²) in [6, 6.07) is 2.74. The van der Waals surface area contributed by atoms with Crippen LogP contribution in [-0.4, -0.2) is 13.6 Å². The number of halogens is 2. The van der Waals surface area contributed by atoms with Gasteiger partial charge in [0.25, 0.3) is 0 Å². The van der Waals surface area contributed by atoms with Gasteiger partial charge in [0, 0.05) is 0 Å². The predicted octanol–water partition coefficient (Wildman–Crippen LogP) is 2.12. The van der Waals surface area contributed by atoms with Crippen LogP contribution in [0.4, 0.5) is 8.78 Å². The molecular formula is C10H13BF2S. The highest BCUT2D eigenvalue weighted by molar-refractivity contribution is 7.99. The van der Waals surface area contributed by atoms with Gasteiger partial charge in [0.15, 0.2) is 0 Å². The van der Waals surface area contributed by atoms with Gasteiger partial charge in [0.1, 0.15) is 19.5 Å². The van der Waals surface area contributed by atoms with E-state index in [2.05, 4.69) is 6.92 Å². The minimum Gasteiger partial charge on any atom is -0.206 e. The summed E-state index contributed by atoms with van der Waals surface area (Å²) in [6.07, 6.45) is 2.03. The van der Waals surface area contributed by atoms with E-state index >= 15 is 0 Å². The van der Waals surface area contributed by atoms with Crippen LogP contribution < -0.4 is 5.46 Å². The maximum absolute atomic E-state index is 13.3. The van der Waals surface area contributed by atoms with E-state index in [1.54, 1.807) is 7.85 Å². The van der Waals surface area contributed by atoms with Gasteiger partial charge in [0.2, 0.25) is 0 Å². The summed E-state index contributed by atoms with van der Waals surface area (Å²) in [5.41, 5.74) is 0.625. The van der Waals surface area contributed by atoms with Gasteiger partial charge >= 0.3 is 0 Å². The SMILES string of the molecule is Bc1cc(F)c(SCCCC)c(F)c1. The Morgan fingerprint density at radius 3 is 2.36 bits per heavy atom. The Kier molecular flexibility index (Phi) is 4.46. The summed E-state index contributed by atoms with van der Waals surface area (Å²) in [5.74, 6) is -0.111. The zero-order valence-corrected chi connectivity index (χ0v) is 9.26. The van der Waals surface area contributed by atoms with Gasteiger partial charge in [-0.15, -0.1) is 11.8 Å². The summed E-state index contributed by atoms with van der Waals surface area (Å²) in [4.78, 5) is 0.157. The maximum atomic E-state index is 13.3. The Morgan fingerprint density at radius 1 is 1.29 bits per heavy atom. The van der Waals surface area contributed by atoms with Crippen molar-refractivity contribution in [1.29, 1.82) is 0 Å². The first-order valence-corrected chi connectivity index (χ1v) is 5.72. The molecule has 1 aromatic carbocycles. The number of thioether (sulfide) groups is 1. The number of hydrogen-bond donors (Lipinski definition) is 0. The molecule has 0 saturated heterocycles. The standard InChI is InChI=1S/C10H13BF2S/c1-2-3-4-14-10-8(12)5-7(11)6-9(10)13/h5-6H,2-4,11H2,1H3. The molecule has 0 aromatic heterocycles. The molecule has 0 spiro atoms. The molecule has 0 aliphatic rings. The molecule has 4 heteroatoms. The molecule has 0 radical (unpaired) electrons. The van der Waals surface area contributed by atoms with Crippen molar-refractivity contribution < 1.29 is 8.78 Å². The summed E-state index contributed by atoms with van der Waals surface area (Å²) in [7, 11) is 1.69. The predicted molar refractivity (Wildman–Crippen MR) is 60.2 cm³/mol. The van der Waals surface area contributed by atoms with Crippen molar-refractivity contribution in [3.8, 4) is 0 Å². The number of rotatable bonds is 4. The van der Waals surface area contributed by atoms with Crippen LogP contribution in [0.15, 0.2) is 17.0 Å². The topological polar surface area (TPSA) is 0 Å². The van der Waals surface area contributed by atoms with E-state index in [1.165, 1.54) is 23.9 Å². The van der Waals surface area contributed by atoms with Gasteiger partial charge in [-0.2, -0.15) is 0 Å². The molecule has 0 N–H and O–H groups in total. The Bertz CT molecular complexity index is 292. The molecule has 0 nitrogen and oxygen atoms in total. The lowest BCUT2D eigenvalue weighted by atomic mass is 9.96. The van der Waals surface area contributed by atoms with Gasteiger partial charge in [-0.05, 0) is 24.3 Å². The van der Waals surface area contributed by atoms with E-state index in [4.69, 9.17) is 0 Å². The van der Waals surface area contributed by atoms with E-state index < -0.39 is 11.6 Å². The van der Waals surface area contributed by atoms with Gasteiger partial charge in [0.05, 0.1) is 4.90 Å².